The fraction of sp³-hybridized carbons (Fsp3) is 0.591. The van der Waals surface area contributed by atoms with Crippen LogP contribution in [0.15, 0.2) is 36.7 Å². The van der Waals surface area contributed by atoms with Crippen molar-refractivity contribution in [2.45, 2.75) is 31.7 Å². The van der Waals surface area contributed by atoms with Gasteiger partial charge in [-0.3, -0.25) is 4.98 Å². The minimum atomic E-state index is 0.529. The Morgan fingerprint density at radius 1 is 0.964 bits per heavy atom. The van der Waals surface area contributed by atoms with Crippen LogP contribution in [0, 0.1) is 17.8 Å². The van der Waals surface area contributed by atoms with Gasteiger partial charge in [-0.2, -0.15) is 0 Å². The number of aromatic nitrogens is 3. The molecule has 2 saturated heterocycles. The number of nitrogens with zero attached hydrogens (tertiary/aromatic N) is 4. The van der Waals surface area contributed by atoms with Gasteiger partial charge in [-0.25, -0.2) is 0 Å². The summed E-state index contributed by atoms with van der Waals surface area (Å²) in [5.74, 6) is 3.40. The third kappa shape index (κ3) is 4.03. The Kier molecular flexibility index (Phi) is 5.23. The highest BCUT2D eigenvalue weighted by Gasteiger charge is 2.41. The van der Waals surface area contributed by atoms with Crippen LogP contribution in [0.3, 0.4) is 0 Å². The van der Waals surface area contributed by atoms with Crippen LogP contribution in [0.25, 0.3) is 11.3 Å². The number of ether oxygens (including phenoxy) is 1. The Hall–Kier alpha value is -2.05. The van der Waals surface area contributed by atoms with Crippen LogP contribution in [-0.2, 0) is 4.74 Å². The standard InChI is InChI=1S/C22H29N5O/c1-2-22(26-25-21(1)17-3-7-23-8-4-17)24-20-11-18-14-27(15-19(18)12-20)13-16-5-9-28-10-6-16/h1-4,7-8,16,18-20H,5-6,9-15H2,(H,24,26)/t18-,19+,20?. The van der Waals surface area contributed by atoms with Crippen LogP contribution >= 0.6 is 0 Å². The predicted molar refractivity (Wildman–Crippen MR) is 109 cm³/mol. The van der Waals surface area contributed by atoms with Crippen molar-refractivity contribution in [3.05, 3.63) is 36.7 Å². The van der Waals surface area contributed by atoms with Crippen LogP contribution in [0.4, 0.5) is 5.82 Å². The minimum Gasteiger partial charge on any atom is -0.381 e. The number of pyridine rings is 1. The average molecular weight is 380 g/mol. The number of fused-ring (bicyclic) bond motifs is 1. The molecule has 0 bridgehead atoms. The van der Waals surface area contributed by atoms with E-state index in [9.17, 15) is 0 Å². The maximum atomic E-state index is 5.50. The van der Waals surface area contributed by atoms with Crippen molar-refractivity contribution < 1.29 is 4.74 Å². The van der Waals surface area contributed by atoms with Crippen LogP contribution < -0.4 is 5.32 Å². The first kappa shape index (κ1) is 18.0. The molecule has 0 amide bonds. The first-order valence-electron chi connectivity index (χ1n) is 10.6. The number of hydrogen-bond acceptors (Lipinski definition) is 6. The van der Waals surface area contributed by atoms with E-state index in [1.807, 2.05) is 24.3 Å². The molecule has 2 aromatic heterocycles. The maximum absolute atomic E-state index is 5.50. The molecule has 28 heavy (non-hydrogen) atoms. The van der Waals surface area contributed by atoms with Gasteiger partial charge in [0.1, 0.15) is 5.82 Å². The smallest absolute Gasteiger partial charge is 0.148 e. The van der Waals surface area contributed by atoms with E-state index >= 15 is 0 Å². The van der Waals surface area contributed by atoms with Crippen LogP contribution in [0.1, 0.15) is 25.7 Å². The molecule has 0 aromatic carbocycles. The summed E-state index contributed by atoms with van der Waals surface area (Å²) in [5.41, 5.74) is 1.94. The Bertz CT molecular complexity index is 748. The molecule has 3 atom stereocenters. The zero-order valence-electron chi connectivity index (χ0n) is 16.3. The number of hydrogen-bond donors (Lipinski definition) is 1. The van der Waals surface area contributed by atoms with Gasteiger partial charge in [0.05, 0.1) is 5.69 Å². The third-order valence-corrected chi connectivity index (χ3v) is 6.68. The molecule has 6 heteroatoms. The molecule has 1 unspecified atom stereocenters. The third-order valence-electron chi connectivity index (χ3n) is 6.68. The number of nitrogens with one attached hydrogen (secondary N) is 1. The molecular weight excluding hydrogens is 350 g/mol. The summed E-state index contributed by atoms with van der Waals surface area (Å²) < 4.78 is 5.50. The van der Waals surface area contributed by atoms with Gasteiger partial charge in [0, 0.05) is 56.8 Å². The van der Waals surface area contributed by atoms with E-state index in [1.54, 1.807) is 12.4 Å². The topological polar surface area (TPSA) is 63.2 Å². The van der Waals surface area contributed by atoms with Gasteiger partial charge >= 0.3 is 0 Å². The summed E-state index contributed by atoms with van der Waals surface area (Å²) in [7, 11) is 0. The second kappa shape index (κ2) is 8.13. The monoisotopic (exact) mass is 379 g/mol. The number of rotatable bonds is 5. The van der Waals surface area contributed by atoms with Crippen LogP contribution in [0.5, 0.6) is 0 Å². The normalized spacial score (nSPS) is 28.4. The summed E-state index contributed by atoms with van der Waals surface area (Å²) in [4.78, 5) is 6.77. The van der Waals surface area contributed by atoms with Gasteiger partial charge in [0.15, 0.2) is 0 Å². The van der Waals surface area contributed by atoms with Crippen molar-refractivity contribution in [1.82, 2.24) is 20.1 Å². The first-order chi connectivity index (χ1) is 13.8. The number of anilines is 1. The van der Waals surface area contributed by atoms with Crippen LogP contribution in [0.2, 0.25) is 0 Å². The Balaban J connectivity index is 1.12. The molecule has 148 valence electrons. The molecule has 0 spiro atoms. The SMILES string of the molecule is c1cc(-c2ccc(NC3C[C@@H]4CN(CC5CCOCC5)C[C@@H]4C3)nn2)ccn1. The molecule has 2 aliphatic heterocycles. The van der Waals surface area contributed by atoms with Gasteiger partial charge < -0.3 is 15.0 Å². The van der Waals surface area contributed by atoms with Crippen molar-refractivity contribution in [2.24, 2.45) is 17.8 Å². The van der Waals surface area contributed by atoms with E-state index in [0.29, 0.717) is 6.04 Å². The lowest BCUT2D eigenvalue weighted by Crippen LogP contribution is -2.32. The van der Waals surface area contributed by atoms with E-state index in [-0.39, 0.29) is 0 Å². The van der Waals surface area contributed by atoms with Crippen molar-refractivity contribution in [3.8, 4) is 11.3 Å². The van der Waals surface area contributed by atoms with Crippen molar-refractivity contribution in [3.63, 3.8) is 0 Å². The molecule has 3 aliphatic rings. The van der Waals surface area contributed by atoms with Gasteiger partial charge in [-0.05, 0) is 67.7 Å². The van der Waals surface area contributed by atoms with E-state index < -0.39 is 0 Å². The predicted octanol–water partition coefficient (Wildman–Crippen LogP) is 3.09. The quantitative estimate of drug-likeness (QED) is 0.861. The molecule has 1 saturated carbocycles. The largest absolute Gasteiger partial charge is 0.381 e. The molecule has 3 fully saturated rings. The van der Waals surface area contributed by atoms with Crippen molar-refractivity contribution >= 4 is 5.82 Å². The Morgan fingerprint density at radius 3 is 2.39 bits per heavy atom. The van der Waals surface area contributed by atoms with Gasteiger partial charge in [0.25, 0.3) is 0 Å². The molecule has 0 radical (unpaired) electrons. The summed E-state index contributed by atoms with van der Waals surface area (Å²) in [6.07, 6.45) is 8.55. The molecule has 4 heterocycles. The van der Waals surface area contributed by atoms with E-state index in [0.717, 1.165) is 48.0 Å². The highest BCUT2D eigenvalue weighted by molar-refractivity contribution is 5.58. The van der Waals surface area contributed by atoms with Gasteiger partial charge in [0.2, 0.25) is 0 Å². The summed E-state index contributed by atoms with van der Waals surface area (Å²) in [6, 6.07) is 8.54. The highest BCUT2D eigenvalue weighted by atomic mass is 16.5. The maximum Gasteiger partial charge on any atom is 0.148 e. The lowest BCUT2D eigenvalue weighted by molar-refractivity contribution is 0.0545. The van der Waals surface area contributed by atoms with Gasteiger partial charge in [-0.15, -0.1) is 10.2 Å². The zero-order valence-corrected chi connectivity index (χ0v) is 16.3. The molecule has 5 rings (SSSR count). The Morgan fingerprint density at radius 2 is 1.71 bits per heavy atom. The molecule has 6 nitrogen and oxygen atoms in total. The van der Waals surface area contributed by atoms with E-state index in [4.69, 9.17) is 4.74 Å². The Labute approximate surface area is 166 Å². The fourth-order valence-corrected chi connectivity index (χ4v) is 5.25. The molecule has 2 aromatic rings. The van der Waals surface area contributed by atoms with Crippen molar-refractivity contribution in [2.75, 3.05) is 38.2 Å². The van der Waals surface area contributed by atoms with E-state index in [1.165, 1.54) is 45.3 Å². The minimum absolute atomic E-state index is 0.529. The van der Waals surface area contributed by atoms with Gasteiger partial charge in [-0.1, -0.05) is 0 Å². The number of likely N-dealkylation sites (tertiary alicyclic amines) is 1. The molecule has 1 aliphatic carbocycles. The lowest BCUT2D eigenvalue weighted by atomic mass is 10.00. The summed E-state index contributed by atoms with van der Waals surface area (Å²) >= 11 is 0. The molecule has 1 N–H and O–H groups in total. The van der Waals surface area contributed by atoms with Crippen LogP contribution in [-0.4, -0.2) is 59.0 Å². The highest BCUT2D eigenvalue weighted by Crippen LogP contribution is 2.39. The second-order valence-corrected chi connectivity index (χ2v) is 8.65. The fourth-order valence-electron chi connectivity index (χ4n) is 5.25. The first-order valence-corrected chi connectivity index (χ1v) is 10.6. The molecular formula is C22H29N5O. The lowest BCUT2D eigenvalue weighted by Gasteiger charge is -2.27. The summed E-state index contributed by atoms with van der Waals surface area (Å²) in [6.45, 7) is 5.73. The van der Waals surface area contributed by atoms with E-state index in [2.05, 4.69) is 25.4 Å². The second-order valence-electron chi connectivity index (χ2n) is 8.65. The summed E-state index contributed by atoms with van der Waals surface area (Å²) in [5, 5.41) is 12.4. The average Bonchev–Trinajstić information content (AvgIpc) is 3.28. The van der Waals surface area contributed by atoms with Crippen molar-refractivity contribution in [1.29, 1.82) is 0 Å². The zero-order chi connectivity index (χ0) is 18.8.